The van der Waals surface area contributed by atoms with E-state index in [0.717, 1.165) is 32.0 Å². The highest BCUT2D eigenvalue weighted by Crippen LogP contribution is 2.21. The fourth-order valence-corrected chi connectivity index (χ4v) is 3.13. The molecule has 1 fully saturated rings. The number of rotatable bonds is 7. The van der Waals surface area contributed by atoms with Crippen molar-refractivity contribution in [3.05, 3.63) is 39.7 Å². The quantitative estimate of drug-likeness (QED) is 0.605. The SMILES string of the molecule is CCN(CC(=O)O)C1CCN(Cc2ccc([N+](=O)[O-])cc2F)CC1. The van der Waals surface area contributed by atoms with E-state index >= 15 is 0 Å². The summed E-state index contributed by atoms with van der Waals surface area (Å²) >= 11 is 0. The second-order valence-corrected chi connectivity index (χ2v) is 6.00. The van der Waals surface area contributed by atoms with E-state index < -0.39 is 16.7 Å². The van der Waals surface area contributed by atoms with Gasteiger partial charge in [0.2, 0.25) is 0 Å². The predicted molar refractivity (Wildman–Crippen MR) is 86.2 cm³/mol. The van der Waals surface area contributed by atoms with Crippen LogP contribution in [-0.4, -0.2) is 58.0 Å². The molecule has 2 rings (SSSR count). The summed E-state index contributed by atoms with van der Waals surface area (Å²) in [6.45, 7) is 4.57. The normalized spacial score (nSPS) is 16.5. The Morgan fingerprint density at radius 3 is 2.62 bits per heavy atom. The number of likely N-dealkylation sites (tertiary alicyclic amines) is 1. The molecular weight excluding hydrogens is 317 g/mol. The third-order valence-corrected chi connectivity index (χ3v) is 4.46. The fourth-order valence-electron chi connectivity index (χ4n) is 3.13. The molecule has 132 valence electrons. The Balaban J connectivity index is 1.91. The molecule has 0 amide bonds. The van der Waals surface area contributed by atoms with Crippen LogP contribution in [0.5, 0.6) is 0 Å². The topological polar surface area (TPSA) is 86.9 Å². The predicted octanol–water partition coefficient (Wildman–Crippen LogP) is 2.10. The highest BCUT2D eigenvalue weighted by molar-refractivity contribution is 5.69. The van der Waals surface area contributed by atoms with Crippen LogP contribution in [0, 0.1) is 15.9 Å². The molecule has 7 nitrogen and oxygen atoms in total. The lowest BCUT2D eigenvalue weighted by Crippen LogP contribution is -2.46. The van der Waals surface area contributed by atoms with Crippen LogP contribution in [0.2, 0.25) is 0 Å². The first-order valence-corrected chi connectivity index (χ1v) is 8.01. The lowest BCUT2D eigenvalue weighted by atomic mass is 10.0. The lowest BCUT2D eigenvalue weighted by molar-refractivity contribution is -0.385. The average Bonchev–Trinajstić information content (AvgIpc) is 2.55. The second-order valence-electron chi connectivity index (χ2n) is 6.00. The monoisotopic (exact) mass is 339 g/mol. The standard InChI is InChI=1S/C16H22FN3O4/c1-2-19(11-16(21)22)13-5-7-18(8-6-13)10-12-3-4-14(20(23)24)9-15(12)17/h3-4,9,13H,2,5-8,10-11H2,1H3,(H,21,22). The number of likely N-dealkylation sites (N-methyl/N-ethyl adjacent to an activating group) is 1. The van der Waals surface area contributed by atoms with E-state index in [9.17, 15) is 19.3 Å². The number of carbonyl (C=O) groups is 1. The summed E-state index contributed by atoms with van der Waals surface area (Å²) in [5.41, 5.74) is 0.194. The van der Waals surface area contributed by atoms with Crippen molar-refractivity contribution in [2.24, 2.45) is 0 Å². The van der Waals surface area contributed by atoms with Crippen molar-refractivity contribution in [3.8, 4) is 0 Å². The summed E-state index contributed by atoms with van der Waals surface area (Å²) in [6.07, 6.45) is 1.66. The molecule has 1 N–H and O–H groups in total. The third-order valence-electron chi connectivity index (χ3n) is 4.46. The van der Waals surface area contributed by atoms with Gasteiger partial charge in [0, 0.05) is 24.2 Å². The molecule has 0 aromatic heterocycles. The van der Waals surface area contributed by atoms with Gasteiger partial charge in [-0.1, -0.05) is 6.92 Å². The molecule has 1 aromatic rings. The van der Waals surface area contributed by atoms with Crippen LogP contribution in [0.25, 0.3) is 0 Å². The van der Waals surface area contributed by atoms with E-state index in [1.54, 1.807) is 0 Å². The fraction of sp³-hybridized carbons (Fsp3) is 0.562. The molecule has 0 saturated carbocycles. The van der Waals surface area contributed by atoms with Gasteiger partial charge in [0.15, 0.2) is 0 Å². The zero-order valence-corrected chi connectivity index (χ0v) is 13.7. The maximum atomic E-state index is 14.0. The molecule has 0 aliphatic carbocycles. The first-order chi connectivity index (χ1) is 11.4. The molecule has 0 bridgehead atoms. The molecule has 8 heteroatoms. The molecular formula is C16H22FN3O4. The Kier molecular flexibility index (Phi) is 6.22. The van der Waals surface area contributed by atoms with Gasteiger partial charge in [0.05, 0.1) is 17.5 Å². The number of nitro benzene ring substituents is 1. The zero-order valence-electron chi connectivity index (χ0n) is 13.7. The summed E-state index contributed by atoms with van der Waals surface area (Å²) in [6, 6.07) is 3.96. The molecule has 1 aromatic carbocycles. The first-order valence-electron chi connectivity index (χ1n) is 8.01. The van der Waals surface area contributed by atoms with Crippen molar-refractivity contribution >= 4 is 11.7 Å². The number of halogens is 1. The highest BCUT2D eigenvalue weighted by atomic mass is 19.1. The second kappa shape index (κ2) is 8.16. The largest absolute Gasteiger partial charge is 0.480 e. The number of hydrogen-bond donors (Lipinski definition) is 1. The lowest BCUT2D eigenvalue weighted by Gasteiger charge is -2.37. The van der Waals surface area contributed by atoms with E-state index in [1.807, 2.05) is 11.8 Å². The van der Waals surface area contributed by atoms with Gasteiger partial charge in [0.1, 0.15) is 5.82 Å². The van der Waals surface area contributed by atoms with Gasteiger partial charge in [-0.05, 0) is 38.5 Å². The van der Waals surface area contributed by atoms with Crippen molar-refractivity contribution < 1.29 is 19.2 Å². The maximum Gasteiger partial charge on any atom is 0.317 e. The molecule has 1 heterocycles. The van der Waals surface area contributed by atoms with Crippen LogP contribution < -0.4 is 0 Å². The maximum absolute atomic E-state index is 14.0. The van der Waals surface area contributed by atoms with Crippen molar-refractivity contribution in [1.82, 2.24) is 9.80 Å². The molecule has 0 spiro atoms. The third kappa shape index (κ3) is 4.72. The number of carboxylic acids is 1. The van der Waals surface area contributed by atoms with E-state index in [-0.39, 0.29) is 18.3 Å². The Morgan fingerprint density at radius 2 is 2.12 bits per heavy atom. The van der Waals surface area contributed by atoms with Crippen LogP contribution in [-0.2, 0) is 11.3 Å². The minimum atomic E-state index is -0.827. The number of carboxylic acid groups (broad SMARTS) is 1. The van der Waals surface area contributed by atoms with Crippen molar-refractivity contribution in [2.45, 2.75) is 32.4 Å². The molecule has 1 aliphatic heterocycles. The summed E-state index contributed by atoms with van der Waals surface area (Å²) < 4.78 is 14.0. The van der Waals surface area contributed by atoms with Crippen molar-refractivity contribution in [2.75, 3.05) is 26.2 Å². The van der Waals surface area contributed by atoms with Gasteiger partial charge in [-0.25, -0.2) is 4.39 Å². The van der Waals surface area contributed by atoms with Gasteiger partial charge in [-0.2, -0.15) is 0 Å². The summed E-state index contributed by atoms with van der Waals surface area (Å²) in [5.74, 6) is -1.39. The van der Waals surface area contributed by atoms with E-state index in [0.29, 0.717) is 18.7 Å². The number of nitrogens with zero attached hydrogens (tertiary/aromatic N) is 3. The van der Waals surface area contributed by atoms with Gasteiger partial charge >= 0.3 is 5.97 Å². The highest BCUT2D eigenvalue weighted by Gasteiger charge is 2.25. The first kappa shape index (κ1) is 18.3. The minimum absolute atomic E-state index is 0.0398. The Labute approximate surface area is 139 Å². The van der Waals surface area contributed by atoms with Crippen molar-refractivity contribution in [1.29, 1.82) is 0 Å². The minimum Gasteiger partial charge on any atom is -0.480 e. The van der Waals surface area contributed by atoms with Crippen LogP contribution in [0.4, 0.5) is 10.1 Å². The molecule has 0 unspecified atom stereocenters. The van der Waals surface area contributed by atoms with E-state index in [2.05, 4.69) is 4.90 Å². The molecule has 1 saturated heterocycles. The van der Waals surface area contributed by atoms with Gasteiger partial charge in [-0.15, -0.1) is 0 Å². The number of piperidine rings is 1. The Bertz CT molecular complexity index is 603. The van der Waals surface area contributed by atoms with Crippen molar-refractivity contribution in [3.63, 3.8) is 0 Å². The van der Waals surface area contributed by atoms with E-state index in [4.69, 9.17) is 5.11 Å². The van der Waals surface area contributed by atoms with Gasteiger partial charge in [-0.3, -0.25) is 24.7 Å². The molecule has 0 radical (unpaired) electrons. The van der Waals surface area contributed by atoms with Crippen LogP contribution in [0.3, 0.4) is 0 Å². The Morgan fingerprint density at radius 1 is 1.46 bits per heavy atom. The Hall–Kier alpha value is -2.06. The summed E-state index contributed by atoms with van der Waals surface area (Å²) in [4.78, 5) is 25.0. The van der Waals surface area contributed by atoms with Crippen LogP contribution >= 0.6 is 0 Å². The molecule has 1 aliphatic rings. The number of nitro groups is 1. The molecule has 0 atom stereocenters. The number of aliphatic carboxylic acids is 1. The summed E-state index contributed by atoms with van der Waals surface area (Å²) in [7, 11) is 0. The zero-order chi connectivity index (χ0) is 17.7. The smallest absolute Gasteiger partial charge is 0.317 e. The van der Waals surface area contributed by atoms with Gasteiger partial charge < -0.3 is 5.11 Å². The van der Waals surface area contributed by atoms with Crippen LogP contribution in [0.1, 0.15) is 25.3 Å². The number of benzene rings is 1. The summed E-state index contributed by atoms with van der Waals surface area (Å²) in [5, 5.41) is 19.6. The van der Waals surface area contributed by atoms with E-state index in [1.165, 1.54) is 12.1 Å². The van der Waals surface area contributed by atoms with Crippen LogP contribution in [0.15, 0.2) is 18.2 Å². The van der Waals surface area contributed by atoms with Gasteiger partial charge in [0.25, 0.3) is 5.69 Å². The number of hydrogen-bond acceptors (Lipinski definition) is 5. The number of non-ortho nitro benzene ring substituents is 1. The average molecular weight is 339 g/mol. The molecule has 24 heavy (non-hydrogen) atoms.